The lowest BCUT2D eigenvalue weighted by Gasteiger charge is -2.00. The fourth-order valence-electron chi connectivity index (χ4n) is 0.856. The number of anilines is 1. The number of carbonyl (C=O) groups excluding carboxylic acids is 1. The van der Waals surface area contributed by atoms with Crippen LogP contribution in [0.4, 0.5) is 5.69 Å². The molecule has 0 radical (unpaired) electrons. The first-order valence-electron chi connectivity index (χ1n) is 3.35. The molecule has 0 unspecified atom stereocenters. The Kier molecular flexibility index (Phi) is 2.53. The van der Waals surface area contributed by atoms with Gasteiger partial charge >= 0.3 is 5.97 Å². The van der Waals surface area contributed by atoms with Crippen LogP contribution in [0.25, 0.3) is 0 Å². The summed E-state index contributed by atoms with van der Waals surface area (Å²) in [4.78, 5) is 21.3. The van der Waals surface area contributed by atoms with E-state index >= 15 is 0 Å². The van der Waals surface area contributed by atoms with E-state index in [9.17, 15) is 9.59 Å². The summed E-state index contributed by atoms with van der Waals surface area (Å²) in [5, 5.41) is 8.75. The van der Waals surface area contributed by atoms with Crippen molar-refractivity contribution in [1.82, 2.24) is 0 Å². The van der Waals surface area contributed by atoms with Crippen LogP contribution in [0.1, 0.15) is 10.4 Å². The van der Waals surface area contributed by atoms with E-state index in [-0.39, 0.29) is 11.3 Å². The molecule has 1 aromatic rings. The molecule has 0 aliphatic rings. The van der Waals surface area contributed by atoms with Crippen LogP contribution in [0.3, 0.4) is 0 Å². The minimum atomic E-state index is -1.53. The molecule has 1 aromatic carbocycles. The number of nitrogens with two attached hydrogens (primary N) is 1. The molecular weight excluding hydrogens is 194 g/mol. The lowest BCUT2D eigenvalue weighted by atomic mass is 10.1. The molecule has 3 N–H and O–H groups in total. The average Bonchev–Trinajstić information content (AvgIpc) is 2.03. The molecule has 0 fully saturated rings. The number of hydrogen-bond donors (Lipinski definition) is 2. The number of halogens is 1. The summed E-state index contributed by atoms with van der Waals surface area (Å²) in [6.45, 7) is 0. The summed E-state index contributed by atoms with van der Waals surface area (Å²) in [6.07, 6.45) is 0. The van der Waals surface area contributed by atoms with Crippen LogP contribution in [0.5, 0.6) is 0 Å². The number of hydrogen-bond acceptors (Lipinski definition) is 3. The van der Waals surface area contributed by atoms with Crippen molar-refractivity contribution in [1.29, 1.82) is 0 Å². The van der Waals surface area contributed by atoms with Crippen LogP contribution in [0.15, 0.2) is 18.2 Å². The third-order valence-corrected chi connectivity index (χ3v) is 1.69. The van der Waals surface area contributed by atoms with E-state index in [1.54, 1.807) is 0 Å². The number of ketones is 1. The van der Waals surface area contributed by atoms with Gasteiger partial charge in [-0.15, -0.1) is 0 Å². The van der Waals surface area contributed by atoms with E-state index in [4.69, 9.17) is 22.4 Å². The first-order valence-corrected chi connectivity index (χ1v) is 3.73. The number of benzene rings is 1. The Morgan fingerprint density at radius 3 is 2.46 bits per heavy atom. The van der Waals surface area contributed by atoms with Crippen molar-refractivity contribution in [3.05, 3.63) is 28.8 Å². The van der Waals surface area contributed by atoms with Crippen LogP contribution < -0.4 is 5.73 Å². The fourth-order valence-corrected chi connectivity index (χ4v) is 1.04. The van der Waals surface area contributed by atoms with Crippen molar-refractivity contribution < 1.29 is 14.7 Å². The molecule has 0 heterocycles. The highest BCUT2D eigenvalue weighted by Gasteiger charge is 2.16. The van der Waals surface area contributed by atoms with Crippen molar-refractivity contribution in [2.24, 2.45) is 0 Å². The van der Waals surface area contributed by atoms with Crippen molar-refractivity contribution in [2.45, 2.75) is 0 Å². The third-order valence-electron chi connectivity index (χ3n) is 1.45. The zero-order valence-electron chi connectivity index (χ0n) is 6.45. The predicted octanol–water partition coefficient (Wildman–Crippen LogP) is 1.19. The first kappa shape index (κ1) is 9.54. The summed E-state index contributed by atoms with van der Waals surface area (Å²) in [5.74, 6) is -2.57. The van der Waals surface area contributed by atoms with Gasteiger partial charge in [-0.3, -0.25) is 4.79 Å². The Labute approximate surface area is 78.9 Å². The standard InChI is InChI=1S/C8H6ClNO3/c9-4-1-2-5(6(10)3-4)7(11)8(12)13/h1-3H,10H2,(H,12,13). The summed E-state index contributed by atoms with van der Waals surface area (Å²) >= 11 is 5.56. The Balaban J connectivity index is 3.16. The highest BCUT2D eigenvalue weighted by Crippen LogP contribution is 2.18. The molecule has 0 spiro atoms. The van der Waals surface area contributed by atoms with Gasteiger partial charge in [-0.05, 0) is 18.2 Å². The lowest BCUT2D eigenvalue weighted by Crippen LogP contribution is -2.14. The van der Waals surface area contributed by atoms with Crippen LogP contribution in [-0.4, -0.2) is 16.9 Å². The predicted molar refractivity (Wildman–Crippen MR) is 47.8 cm³/mol. The second-order valence-corrected chi connectivity index (χ2v) is 2.80. The van der Waals surface area contributed by atoms with Gasteiger partial charge < -0.3 is 10.8 Å². The number of carboxylic acids is 1. The SMILES string of the molecule is Nc1cc(Cl)ccc1C(=O)C(=O)O. The van der Waals surface area contributed by atoms with E-state index in [1.165, 1.54) is 18.2 Å². The molecule has 4 nitrogen and oxygen atoms in total. The maximum Gasteiger partial charge on any atom is 0.377 e. The number of aliphatic carboxylic acids is 1. The molecule has 0 aliphatic heterocycles. The maximum atomic E-state index is 11.0. The Hall–Kier alpha value is -1.55. The van der Waals surface area contributed by atoms with Gasteiger partial charge in [-0.1, -0.05) is 11.6 Å². The van der Waals surface area contributed by atoms with Crippen molar-refractivity contribution in [3.8, 4) is 0 Å². The average molecular weight is 200 g/mol. The Morgan fingerprint density at radius 1 is 1.38 bits per heavy atom. The largest absolute Gasteiger partial charge is 0.475 e. The monoisotopic (exact) mass is 199 g/mol. The van der Waals surface area contributed by atoms with E-state index in [0.29, 0.717) is 5.02 Å². The molecule has 0 atom stereocenters. The quantitative estimate of drug-likeness (QED) is 0.426. The van der Waals surface area contributed by atoms with Crippen molar-refractivity contribution in [2.75, 3.05) is 5.73 Å². The number of carboxylic acid groups (broad SMARTS) is 1. The molecule has 5 heteroatoms. The lowest BCUT2D eigenvalue weighted by molar-refractivity contribution is -0.131. The number of nitrogen functional groups attached to an aromatic ring is 1. The van der Waals surface area contributed by atoms with Crippen molar-refractivity contribution >= 4 is 29.0 Å². The summed E-state index contributed by atoms with van der Waals surface area (Å²) in [6, 6.07) is 4.03. The molecule has 13 heavy (non-hydrogen) atoms. The highest BCUT2D eigenvalue weighted by molar-refractivity contribution is 6.41. The molecule has 0 aromatic heterocycles. The van der Waals surface area contributed by atoms with Crippen LogP contribution in [-0.2, 0) is 4.79 Å². The molecule has 0 amide bonds. The van der Waals surface area contributed by atoms with E-state index in [2.05, 4.69) is 0 Å². The second kappa shape index (κ2) is 3.45. The van der Waals surface area contributed by atoms with Gasteiger partial charge in [0.25, 0.3) is 5.78 Å². The van der Waals surface area contributed by atoms with Crippen molar-refractivity contribution in [3.63, 3.8) is 0 Å². The first-order chi connectivity index (χ1) is 6.02. The number of carbonyl (C=O) groups is 2. The highest BCUT2D eigenvalue weighted by atomic mass is 35.5. The smallest absolute Gasteiger partial charge is 0.377 e. The summed E-state index contributed by atoms with van der Waals surface area (Å²) in [7, 11) is 0. The van der Waals surface area contributed by atoms with Gasteiger partial charge in [0.1, 0.15) is 0 Å². The molecule has 0 saturated heterocycles. The molecule has 1 rings (SSSR count). The maximum absolute atomic E-state index is 11.0. The zero-order chi connectivity index (χ0) is 10.0. The fraction of sp³-hybridized carbons (Fsp3) is 0. The van der Waals surface area contributed by atoms with Gasteiger partial charge in [0.15, 0.2) is 0 Å². The molecule has 68 valence electrons. The summed E-state index contributed by atoms with van der Waals surface area (Å²) in [5.41, 5.74) is 5.42. The zero-order valence-corrected chi connectivity index (χ0v) is 7.21. The number of rotatable bonds is 2. The minimum absolute atomic E-state index is 0.0445. The normalized spacial score (nSPS) is 9.62. The summed E-state index contributed by atoms with van der Waals surface area (Å²) < 4.78 is 0. The van der Waals surface area contributed by atoms with Crippen LogP contribution >= 0.6 is 11.6 Å². The third kappa shape index (κ3) is 1.97. The minimum Gasteiger partial charge on any atom is -0.475 e. The Morgan fingerprint density at radius 2 is 2.00 bits per heavy atom. The van der Waals surface area contributed by atoms with E-state index < -0.39 is 11.8 Å². The number of Topliss-reactive ketones (excluding diaryl/α,β-unsaturated/α-hetero) is 1. The van der Waals surface area contributed by atoms with E-state index in [1.807, 2.05) is 0 Å². The Bertz CT molecular complexity index is 376. The van der Waals surface area contributed by atoms with Crippen LogP contribution in [0.2, 0.25) is 5.02 Å². The molecule has 0 bridgehead atoms. The van der Waals surface area contributed by atoms with Gasteiger partial charge in [0.2, 0.25) is 0 Å². The second-order valence-electron chi connectivity index (χ2n) is 2.37. The molecular formula is C8H6ClNO3. The van der Waals surface area contributed by atoms with Crippen LogP contribution in [0, 0.1) is 0 Å². The van der Waals surface area contributed by atoms with Gasteiger partial charge in [0, 0.05) is 10.7 Å². The topological polar surface area (TPSA) is 80.4 Å². The molecule has 0 saturated carbocycles. The van der Waals surface area contributed by atoms with E-state index in [0.717, 1.165) is 0 Å². The van der Waals surface area contributed by atoms with Gasteiger partial charge in [0.05, 0.1) is 5.56 Å². The van der Waals surface area contributed by atoms with Gasteiger partial charge in [-0.25, -0.2) is 4.79 Å². The molecule has 0 aliphatic carbocycles. The van der Waals surface area contributed by atoms with Gasteiger partial charge in [-0.2, -0.15) is 0 Å².